The number of aromatic nitrogens is 4. The van der Waals surface area contributed by atoms with Gasteiger partial charge in [0.1, 0.15) is 5.65 Å². The van der Waals surface area contributed by atoms with Crippen molar-refractivity contribution in [2.75, 3.05) is 13.1 Å². The van der Waals surface area contributed by atoms with Crippen LogP contribution in [-0.4, -0.2) is 42.8 Å². The van der Waals surface area contributed by atoms with Gasteiger partial charge in [0.2, 0.25) is 5.91 Å². The van der Waals surface area contributed by atoms with Gasteiger partial charge in [-0.3, -0.25) is 9.36 Å². The van der Waals surface area contributed by atoms with Crippen LogP contribution in [0, 0.1) is 0 Å². The first-order valence-corrected chi connectivity index (χ1v) is 12.3. The SMILES string of the molecule is CC1(c2nc3ccccn3c2CC(=O)N2CCC(n3c(=O)[nH]c4ccccc43)CC2)C=CC=CC1. The van der Waals surface area contributed by atoms with Crippen LogP contribution in [0.3, 0.4) is 0 Å². The topological polar surface area (TPSA) is 75.4 Å². The normalized spacial score (nSPS) is 20.8. The molecule has 1 aliphatic heterocycles. The number of piperidine rings is 1. The third kappa shape index (κ3) is 3.71. The number of hydrogen-bond donors (Lipinski definition) is 1. The first-order chi connectivity index (χ1) is 17.0. The number of likely N-dealkylation sites (tertiary alicyclic amines) is 1. The Morgan fingerprint density at radius 2 is 1.91 bits per heavy atom. The number of pyridine rings is 1. The second kappa shape index (κ2) is 8.41. The van der Waals surface area contributed by atoms with Gasteiger partial charge in [-0.05, 0) is 43.5 Å². The number of imidazole rings is 2. The summed E-state index contributed by atoms with van der Waals surface area (Å²) in [5, 5.41) is 0. The molecule has 7 nitrogen and oxygen atoms in total. The van der Waals surface area contributed by atoms with E-state index in [9.17, 15) is 9.59 Å². The van der Waals surface area contributed by atoms with E-state index in [-0.39, 0.29) is 23.1 Å². The van der Waals surface area contributed by atoms with Crippen molar-refractivity contribution in [1.29, 1.82) is 0 Å². The van der Waals surface area contributed by atoms with Gasteiger partial charge >= 0.3 is 5.69 Å². The molecule has 3 aromatic heterocycles. The number of rotatable bonds is 4. The zero-order chi connectivity index (χ0) is 24.0. The molecule has 7 heteroatoms. The molecule has 6 rings (SSSR count). The molecule has 4 aromatic rings. The van der Waals surface area contributed by atoms with E-state index in [1.54, 1.807) is 0 Å². The number of fused-ring (bicyclic) bond motifs is 2. The van der Waals surface area contributed by atoms with Crippen molar-refractivity contribution in [3.8, 4) is 0 Å². The molecule has 1 aliphatic carbocycles. The van der Waals surface area contributed by atoms with E-state index < -0.39 is 0 Å². The minimum absolute atomic E-state index is 0.0748. The average Bonchev–Trinajstić information content (AvgIpc) is 3.42. The van der Waals surface area contributed by atoms with E-state index in [0.29, 0.717) is 19.5 Å². The number of aromatic amines is 1. The molecule has 1 unspecified atom stereocenters. The molecular weight excluding hydrogens is 438 g/mol. The van der Waals surface area contributed by atoms with Crippen molar-refractivity contribution in [2.45, 2.75) is 44.1 Å². The van der Waals surface area contributed by atoms with Crippen molar-refractivity contribution >= 4 is 22.6 Å². The van der Waals surface area contributed by atoms with Crippen molar-refractivity contribution in [1.82, 2.24) is 23.8 Å². The lowest BCUT2D eigenvalue weighted by atomic mass is 9.79. The quantitative estimate of drug-likeness (QED) is 0.490. The second-order valence-corrected chi connectivity index (χ2v) is 9.85. The molecule has 35 heavy (non-hydrogen) atoms. The van der Waals surface area contributed by atoms with Gasteiger partial charge in [0.15, 0.2) is 0 Å². The fourth-order valence-corrected chi connectivity index (χ4v) is 5.64. The molecule has 4 heterocycles. The maximum atomic E-state index is 13.5. The highest BCUT2D eigenvalue weighted by Gasteiger charge is 2.33. The van der Waals surface area contributed by atoms with E-state index in [4.69, 9.17) is 4.98 Å². The number of carbonyl (C=O) groups is 1. The Morgan fingerprint density at radius 1 is 1.11 bits per heavy atom. The number of para-hydroxylation sites is 2. The van der Waals surface area contributed by atoms with Gasteiger partial charge in [-0.2, -0.15) is 0 Å². The molecule has 1 aromatic carbocycles. The molecule has 0 saturated carbocycles. The molecule has 1 atom stereocenters. The summed E-state index contributed by atoms with van der Waals surface area (Å²) in [4.78, 5) is 36.0. The van der Waals surface area contributed by atoms with Gasteiger partial charge in [0.25, 0.3) is 0 Å². The van der Waals surface area contributed by atoms with Crippen LogP contribution in [0.25, 0.3) is 16.7 Å². The van der Waals surface area contributed by atoms with Crippen LogP contribution in [0.5, 0.6) is 0 Å². The zero-order valence-corrected chi connectivity index (χ0v) is 19.9. The van der Waals surface area contributed by atoms with E-state index in [0.717, 1.165) is 47.3 Å². The summed E-state index contributed by atoms with van der Waals surface area (Å²) in [5.74, 6) is 0.112. The number of carbonyl (C=O) groups excluding carboxylic acids is 1. The summed E-state index contributed by atoms with van der Waals surface area (Å²) in [6.45, 7) is 3.47. The fraction of sp³-hybridized carbons (Fsp3) is 0.321. The Hall–Kier alpha value is -3.87. The number of amides is 1. The summed E-state index contributed by atoms with van der Waals surface area (Å²) in [6, 6.07) is 13.8. The van der Waals surface area contributed by atoms with Crippen LogP contribution in [0.4, 0.5) is 0 Å². The Labute approximate surface area is 203 Å². The highest BCUT2D eigenvalue weighted by Crippen LogP contribution is 2.35. The molecule has 178 valence electrons. The van der Waals surface area contributed by atoms with Gasteiger partial charge in [0, 0.05) is 30.7 Å². The molecule has 2 aliphatic rings. The molecule has 0 spiro atoms. The van der Waals surface area contributed by atoms with E-state index in [1.165, 1.54) is 0 Å². The average molecular weight is 468 g/mol. The van der Waals surface area contributed by atoms with Gasteiger partial charge in [-0.15, -0.1) is 0 Å². The van der Waals surface area contributed by atoms with Crippen molar-refractivity contribution < 1.29 is 4.79 Å². The number of allylic oxidation sites excluding steroid dienone is 4. The number of benzene rings is 1. The highest BCUT2D eigenvalue weighted by atomic mass is 16.2. The summed E-state index contributed by atoms with van der Waals surface area (Å²) in [5.41, 5.74) is 4.28. The molecular formula is C28H29N5O2. The smallest absolute Gasteiger partial charge is 0.326 e. The van der Waals surface area contributed by atoms with E-state index in [2.05, 4.69) is 40.6 Å². The Morgan fingerprint density at radius 3 is 2.71 bits per heavy atom. The third-order valence-electron chi connectivity index (χ3n) is 7.55. The lowest BCUT2D eigenvalue weighted by Gasteiger charge is -2.33. The van der Waals surface area contributed by atoms with Crippen LogP contribution < -0.4 is 5.69 Å². The molecule has 1 fully saturated rings. The van der Waals surface area contributed by atoms with Crippen LogP contribution in [-0.2, 0) is 16.6 Å². The van der Waals surface area contributed by atoms with Gasteiger partial charge in [-0.25, -0.2) is 9.78 Å². The minimum atomic E-state index is -0.236. The molecule has 1 saturated heterocycles. The van der Waals surface area contributed by atoms with Crippen LogP contribution in [0.2, 0.25) is 0 Å². The third-order valence-corrected chi connectivity index (χ3v) is 7.55. The van der Waals surface area contributed by atoms with Gasteiger partial charge in [0.05, 0.1) is 28.8 Å². The van der Waals surface area contributed by atoms with Crippen molar-refractivity contribution in [3.05, 3.63) is 94.8 Å². The van der Waals surface area contributed by atoms with Gasteiger partial charge in [-0.1, -0.05) is 49.4 Å². The minimum Gasteiger partial charge on any atom is -0.342 e. The first-order valence-electron chi connectivity index (χ1n) is 12.3. The van der Waals surface area contributed by atoms with E-state index >= 15 is 0 Å². The van der Waals surface area contributed by atoms with Gasteiger partial charge < -0.3 is 14.3 Å². The van der Waals surface area contributed by atoms with Crippen LogP contribution >= 0.6 is 0 Å². The Balaban J connectivity index is 1.23. The highest BCUT2D eigenvalue weighted by molar-refractivity contribution is 5.79. The number of nitrogens with one attached hydrogen (secondary N) is 1. The number of hydrogen-bond acceptors (Lipinski definition) is 3. The Kier molecular flexibility index (Phi) is 5.20. The number of H-pyrrole nitrogens is 1. The number of nitrogens with zero attached hydrogens (tertiary/aromatic N) is 4. The monoisotopic (exact) mass is 467 g/mol. The molecule has 0 radical (unpaired) electrons. The summed E-state index contributed by atoms with van der Waals surface area (Å²) >= 11 is 0. The van der Waals surface area contributed by atoms with Crippen molar-refractivity contribution in [2.24, 2.45) is 0 Å². The van der Waals surface area contributed by atoms with Crippen molar-refractivity contribution in [3.63, 3.8) is 0 Å². The predicted octanol–water partition coefficient (Wildman–Crippen LogP) is 4.16. The maximum Gasteiger partial charge on any atom is 0.326 e. The summed E-state index contributed by atoms with van der Waals surface area (Å²) < 4.78 is 3.92. The lowest BCUT2D eigenvalue weighted by Crippen LogP contribution is -2.41. The summed E-state index contributed by atoms with van der Waals surface area (Å²) in [7, 11) is 0. The zero-order valence-electron chi connectivity index (χ0n) is 19.9. The van der Waals surface area contributed by atoms with Crippen LogP contribution in [0.1, 0.15) is 43.6 Å². The fourth-order valence-electron chi connectivity index (χ4n) is 5.64. The van der Waals surface area contributed by atoms with Crippen LogP contribution in [0.15, 0.2) is 77.8 Å². The lowest BCUT2D eigenvalue weighted by molar-refractivity contribution is -0.131. The largest absolute Gasteiger partial charge is 0.342 e. The standard InChI is InChI=1S/C28H29N5O2/c1-28(14-6-2-7-15-28)26-23(32-16-8-5-11-24(32)30-26)19-25(34)31-17-12-20(13-18-31)33-22-10-4-3-9-21(22)29-27(33)35/h2-11,14,16,20H,12-13,15,17-19H2,1H3,(H,29,35). The summed E-state index contributed by atoms with van der Waals surface area (Å²) in [6.07, 6.45) is 13.2. The molecule has 0 bridgehead atoms. The molecule has 1 N–H and O–H groups in total. The predicted molar refractivity (Wildman–Crippen MR) is 137 cm³/mol. The molecule has 1 amide bonds. The Bertz CT molecular complexity index is 1530. The second-order valence-electron chi connectivity index (χ2n) is 9.85. The first kappa shape index (κ1) is 21.6. The van der Waals surface area contributed by atoms with E-state index in [1.807, 2.05) is 58.1 Å². The maximum absolute atomic E-state index is 13.5.